The second kappa shape index (κ2) is 7.62. The number of ether oxygens (including phenoxy) is 2. The Morgan fingerprint density at radius 2 is 1.87 bits per heavy atom. The quantitative estimate of drug-likeness (QED) is 0.877. The summed E-state index contributed by atoms with van der Waals surface area (Å²) in [6.07, 6.45) is 5.06. The van der Waals surface area contributed by atoms with Crippen molar-refractivity contribution >= 4 is 11.6 Å². The van der Waals surface area contributed by atoms with Crippen molar-refractivity contribution in [2.75, 3.05) is 13.2 Å². The summed E-state index contributed by atoms with van der Waals surface area (Å²) in [5.74, 6) is 1.19. The highest BCUT2D eigenvalue weighted by Gasteiger charge is 2.15. The molecule has 1 atom stereocenters. The van der Waals surface area contributed by atoms with E-state index in [9.17, 15) is 0 Å². The van der Waals surface area contributed by atoms with Gasteiger partial charge in [0.15, 0.2) is 0 Å². The number of halogens is 1. The highest BCUT2D eigenvalue weighted by molar-refractivity contribution is 6.30. The van der Waals surface area contributed by atoms with E-state index in [4.69, 9.17) is 26.8 Å². The zero-order valence-corrected chi connectivity index (χ0v) is 14.4. The molecule has 0 aromatic carbocycles. The Morgan fingerprint density at radius 3 is 2.52 bits per heavy atom. The van der Waals surface area contributed by atoms with Crippen LogP contribution < -0.4 is 15.2 Å². The molecule has 6 heteroatoms. The van der Waals surface area contributed by atoms with Crippen LogP contribution in [0.5, 0.6) is 11.6 Å². The van der Waals surface area contributed by atoms with E-state index in [0.29, 0.717) is 29.9 Å². The molecule has 2 heterocycles. The number of pyridine rings is 2. The van der Waals surface area contributed by atoms with E-state index in [1.54, 1.807) is 18.3 Å². The Labute approximate surface area is 141 Å². The molecular formula is C17H22ClN3O2. The van der Waals surface area contributed by atoms with E-state index in [0.717, 1.165) is 5.56 Å². The summed E-state index contributed by atoms with van der Waals surface area (Å²) in [5, 5.41) is 0.566. The van der Waals surface area contributed by atoms with Gasteiger partial charge >= 0.3 is 0 Å². The van der Waals surface area contributed by atoms with Crippen molar-refractivity contribution in [3.8, 4) is 11.6 Å². The standard InChI is InChI=1S/C17H22ClN3O2/c1-17(2,3)12-6-15(9-20-7-12)22-10-14(19)11-23-16-5-4-13(18)8-21-16/h4-9,14H,10-11,19H2,1-3H3/t14-/m1/s1. The Balaban J connectivity index is 1.82. The maximum Gasteiger partial charge on any atom is 0.213 e. The van der Waals surface area contributed by atoms with Gasteiger partial charge in [-0.05, 0) is 23.1 Å². The molecule has 0 fully saturated rings. The van der Waals surface area contributed by atoms with Crippen molar-refractivity contribution in [2.24, 2.45) is 5.73 Å². The Kier molecular flexibility index (Phi) is 5.80. The van der Waals surface area contributed by atoms with Gasteiger partial charge in [-0.15, -0.1) is 0 Å². The average Bonchev–Trinajstić information content (AvgIpc) is 2.52. The first-order valence-electron chi connectivity index (χ1n) is 7.43. The summed E-state index contributed by atoms with van der Waals surface area (Å²) in [4.78, 5) is 8.26. The smallest absolute Gasteiger partial charge is 0.213 e. The largest absolute Gasteiger partial charge is 0.490 e. The SMILES string of the molecule is CC(C)(C)c1cncc(OC[C@@H](N)COc2ccc(Cl)cn2)c1. The molecule has 2 aromatic rings. The number of hydrogen-bond donors (Lipinski definition) is 1. The molecule has 124 valence electrons. The fourth-order valence-corrected chi connectivity index (χ4v) is 1.91. The van der Waals surface area contributed by atoms with Crippen LogP contribution >= 0.6 is 11.6 Å². The van der Waals surface area contributed by atoms with E-state index >= 15 is 0 Å². The molecule has 5 nitrogen and oxygen atoms in total. The van der Waals surface area contributed by atoms with Crippen molar-refractivity contribution in [1.82, 2.24) is 9.97 Å². The van der Waals surface area contributed by atoms with E-state index in [2.05, 4.69) is 30.7 Å². The number of rotatable bonds is 6. The van der Waals surface area contributed by atoms with E-state index in [1.165, 1.54) is 6.20 Å². The van der Waals surface area contributed by atoms with E-state index in [-0.39, 0.29) is 11.5 Å². The maximum absolute atomic E-state index is 6.00. The van der Waals surface area contributed by atoms with Crippen LogP contribution in [-0.4, -0.2) is 29.2 Å². The van der Waals surface area contributed by atoms with Gasteiger partial charge in [0, 0.05) is 18.5 Å². The summed E-state index contributed by atoms with van der Waals surface area (Å²) in [6, 6.07) is 5.13. The lowest BCUT2D eigenvalue weighted by atomic mass is 9.88. The molecule has 23 heavy (non-hydrogen) atoms. The fraction of sp³-hybridized carbons (Fsp3) is 0.412. The first kappa shape index (κ1) is 17.5. The van der Waals surface area contributed by atoms with Gasteiger partial charge in [0.05, 0.1) is 17.3 Å². The first-order chi connectivity index (χ1) is 10.8. The van der Waals surface area contributed by atoms with Gasteiger partial charge in [-0.2, -0.15) is 0 Å². The van der Waals surface area contributed by atoms with Gasteiger partial charge in [-0.25, -0.2) is 4.98 Å². The number of aromatic nitrogens is 2. The van der Waals surface area contributed by atoms with Gasteiger partial charge in [0.1, 0.15) is 19.0 Å². The summed E-state index contributed by atoms with van der Waals surface area (Å²) in [7, 11) is 0. The third kappa shape index (κ3) is 5.69. The lowest BCUT2D eigenvalue weighted by Gasteiger charge is -2.19. The molecule has 0 aliphatic heterocycles. The number of hydrogen-bond acceptors (Lipinski definition) is 5. The van der Waals surface area contributed by atoms with Gasteiger partial charge in [-0.3, -0.25) is 4.98 Å². The van der Waals surface area contributed by atoms with Gasteiger partial charge < -0.3 is 15.2 Å². The highest BCUT2D eigenvalue weighted by Crippen LogP contribution is 2.24. The summed E-state index contributed by atoms with van der Waals surface area (Å²) < 4.78 is 11.2. The predicted octanol–water partition coefficient (Wildman–Crippen LogP) is 3.21. The van der Waals surface area contributed by atoms with Gasteiger partial charge in [0.25, 0.3) is 0 Å². The third-order valence-corrected chi connectivity index (χ3v) is 3.41. The molecular weight excluding hydrogens is 314 g/mol. The minimum absolute atomic E-state index is 0.0256. The average molecular weight is 336 g/mol. The molecule has 2 rings (SSSR count). The third-order valence-electron chi connectivity index (χ3n) is 3.19. The molecule has 2 aromatic heterocycles. The Bertz CT molecular complexity index is 626. The van der Waals surface area contributed by atoms with Crippen LogP contribution in [0, 0.1) is 0 Å². The fourth-order valence-electron chi connectivity index (χ4n) is 1.80. The molecule has 0 aliphatic rings. The number of nitrogens with two attached hydrogens (primary N) is 1. The summed E-state index contributed by atoms with van der Waals surface area (Å²) >= 11 is 5.77. The Hall–Kier alpha value is -1.85. The lowest BCUT2D eigenvalue weighted by molar-refractivity contribution is 0.215. The van der Waals surface area contributed by atoms with Crippen molar-refractivity contribution in [2.45, 2.75) is 32.2 Å². The predicted molar refractivity (Wildman–Crippen MR) is 91.1 cm³/mol. The van der Waals surface area contributed by atoms with E-state index in [1.807, 2.05) is 12.3 Å². The summed E-state index contributed by atoms with van der Waals surface area (Å²) in [5.41, 5.74) is 7.14. The maximum atomic E-state index is 6.00. The van der Waals surface area contributed by atoms with Crippen molar-refractivity contribution in [1.29, 1.82) is 0 Å². The van der Waals surface area contributed by atoms with Crippen LogP contribution in [0.4, 0.5) is 0 Å². The molecule has 0 spiro atoms. The lowest BCUT2D eigenvalue weighted by Crippen LogP contribution is -2.34. The van der Waals surface area contributed by atoms with Gasteiger partial charge in [0.2, 0.25) is 5.88 Å². The van der Waals surface area contributed by atoms with Crippen molar-refractivity contribution in [3.05, 3.63) is 47.4 Å². The number of nitrogens with zero attached hydrogens (tertiary/aromatic N) is 2. The van der Waals surface area contributed by atoms with Crippen LogP contribution in [0.3, 0.4) is 0 Å². The molecule has 2 N–H and O–H groups in total. The molecule has 0 amide bonds. The van der Waals surface area contributed by atoms with E-state index < -0.39 is 0 Å². The zero-order valence-electron chi connectivity index (χ0n) is 13.6. The van der Waals surface area contributed by atoms with Crippen LogP contribution in [0.25, 0.3) is 0 Å². The molecule has 0 aliphatic carbocycles. The highest BCUT2D eigenvalue weighted by atomic mass is 35.5. The van der Waals surface area contributed by atoms with Crippen LogP contribution in [0.2, 0.25) is 5.02 Å². The van der Waals surface area contributed by atoms with Gasteiger partial charge in [-0.1, -0.05) is 32.4 Å². The minimum Gasteiger partial charge on any atom is -0.490 e. The van der Waals surface area contributed by atoms with Crippen LogP contribution in [-0.2, 0) is 5.41 Å². The second-order valence-corrected chi connectivity index (χ2v) is 6.79. The summed E-state index contributed by atoms with van der Waals surface area (Å²) in [6.45, 7) is 7.04. The van der Waals surface area contributed by atoms with Crippen molar-refractivity contribution in [3.63, 3.8) is 0 Å². The topological polar surface area (TPSA) is 70.3 Å². The van der Waals surface area contributed by atoms with Crippen molar-refractivity contribution < 1.29 is 9.47 Å². The minimum atomic E-state index is -0.272. The zero-order chi connectivity index (χ0) is 16.9. The molecule has 0 bridgehead atoms. The molecule has 0 saturated heterocycles. The second-order valence-electron chi connectivity index (χ2n) is 6.36. The van der Waals surface area contributed by atoms with Crippen LogP contribution in [0.15, 0.2) is 36.8 Å². The monoisotopic (exact) mass is 335 g/mol. The molecule has 0 unspecified atom stereocenters. The first-order valence-corrected chi connectivity index (χ1v) is 7.80. The normalized spacial score (nSPS) is 12.7. The molecule has 0 saturated carbocycles. The van der Waals surface area contributed by atoms with Crippen LogP contribution in [0.1, 0.15) is 26.3 Å². The Morgan fingerprint density at radius 1 is 1.13 bits per heavy atom. The molecule has 0 radical (unpaired) electrons.